The molecule has 1 aliphatic rings. The standard InChI is InChI=1S/C6H19O27P7/c7-1-2(27-34(8,9)10)4(30-39(23,24)32-37(17,18)19)6(29-36(14,15)16)5(3(1)28-35(11,12)13)31-40(25,26)33-38(20,21)22/h1-7H,(H,23,24)(H,25,26)(H2,8,9,10)(H2,11,12,13)(H2,14,15,16)(H2,17,18,19)(H2,20,21,22)/t1?,2-,3-,4-,5+,6?/m0/s1. The summed E-state index contributed by atoms with van der Waals surface area (Å²) in [6, 6.07) is 0. The van der Waals surface area contributed by atoms with Crippen LogP contribution in [0.1, 0.15) is 0 Å². The fourth-order valence-electron chi connectivity index (χ4n) is 2.83. The molecule has 1 fully saturated rings. The van der Waals surface area contributed by atoms with Gasteiger partial charge in [-0.1, -0.05) is 0 Å². The number of hydrogen-bond donors (Lipinski definition) is 13. The maximum Gasteiger partial charge on any atom is 0.481 e. The molecule has 0 aromatic carbocycles. The molecular formula is C6H19O27P7. The molecule has 0 saturated heterocycles. The first-order valence-corrected chi connectivity index (χ1v) is 19.4. The lowest BCUT2D eigenvalue weighted by atomic mass is 9.85. The van der Waals surface area contributed by atoms with Crippen LogP contribution in [-0.2, 0) is 63.2 Å². The molecular weight excluding hydrogens is 721 g/mol. The van der Waals surface area contributed by atoms with Gasteiger partial charge in [0.2, 0.25) is 0 Å². The Bertz CT molecular complexity index is 1140. The topological polar surface area (TPSA) is 447 Å². The highest BCUT2D eigenvalue weighted by atomic mass is 31.3. The van der Waals surface area contributed by atoms with Crippen molar-refractivity contribution in [2.45, 2.75) is 36.6 Å². The van der Waals surface area contributed by atoms with E-state index in [1.807, 2.05) is 0 Å². The fourth-order valence-corrected chi connectivity index (χ4v) is 8.07. The Balaban J connectivity index is 3.95. The van der Waals surface area contributed by atoms with Gasteiger partial charge in [0, 0.05) is 0 Å². The smallest absolute Gasteiger partial charge is 0.387 e. The molecule has 1 aliphatic carbocycles. The zero-order valence-corrected chi connectivity index (χ0v) is 24.4. The Hall–Kier alpha value is 0.810. The van der Waals surface area contributed by atoms with Gasteiger partial charge < -0.3 is 63.8 Å². The molecule has 240 valence electrons. The third-order valence-corrected chi connectivity index (χ3v) is 9.60. The minimum atomic E-state index is -6.36. The molecule has 4 unspecified atom stereocenters. The Morgan fingerprint density at radius 2 is 0.575 bits per heavy atom. The zero-order chi connectivity index (χ0) is 31.9. The number of phosphoric ester groups is 5. The highest BCUT2D eigenvalue weighted by Gasteiger charge is 2.61. The Morgan fingerprint density at radius 1 is 0.350 bits per heavy atom. The molecule has 8 atom stereocenters. The van der Waals surface area contributed by atoms with E-state index in [1.165, 1.54) is 0 Å². The lowest BCUT2D eigenvalue weighted by Crippen LogP contribution is -2.66. The van der Waals surface area contributed by atoms with E-state index in [0.717, 1.165) is 0 Å². The molecule has 40 heavy (non-hydrogen) atoms. The van der Waals surface area contributed by atoms with Gasteiger partial charge in [0.05, 0.1) is 0 Å². The van der Waals surface area contributed by atoms with Gasteiger partial charge in [0.25, 0.3) is 0 Å². The van der Waals surface area contributed by atoms with E-state index in [4.69, 9.17) is 39.1 Å². The second-order valence-corrected chi connectivity index (χ2v) is 16.0. The van der Waals surface area contributed by atoms with Crippen molar-refractivity contribution in [3.63, 3.8) is 0 Å². The SMILES string of the molecule is O=P(O)(O)OC1[C@@H](OP(=O)(O)OP(=O)(O)O)[C@@H](OP(=O)(O)O)C(O)[C@H](OP(=O)(O)O)[C@H]1OP(=O)(O)OP(=O)(O)O. The molecule has 34 heteroatoms. The van der Waals surface area contributed by atoms with Gasteiger partial charge in [-0.3, -0.25) is 22.6 Å². The number of phosphoric acid groups is 7. The summed E-state index contributed by atoms with van der Waals surface area (Å²) >= 11 is 0. The third-order valence-electron chi connectivity index (χ3n) is 3.67. The molecule has 0 amide bonds. The van der Waals surface area contributed by atoms with Crippen LogP contribution in [0, 0.1) is 0 Å². The highest BCUT2D eigenvalue weighted by molar-refractivity contribution is 7.61. The van der Waals surface area contributed by atoms with E-state index in [2.05, 4.69) is 31.2 Å². The quantitative estimate of drug-likeness (QED) is 0.0788. The predicted molar refractivity (Wildman–Crippen MR) is 112 cm³/mol. The van der Waals surface area contributed by atoms with Crippen LogP contribution in [0.2, 0.25) is 0 Å². The van der Waals surface area contributed by atoms with Gasteiger partial charge in [0.1, 0.15) is 36.6 Å². The van der Waals surface area contributed by atoms with Crippen LogP contribution in [0.25, 0.3) is 0 Å². The summed E-state index contributed by atoms with van der Waals surface area (Å²) in [6.07, 6.45) is -19.5. The van der Waals surface area contributed by atoms with Gasteiger partial charge in [-0.2, -0.15) is 8.62 Å². The van der Waals surface area contributed by atoms with Crippen LogP contribution in [0.3, 0.4) is 0 Å². The first-order valence-electron chi connectivity index (χ1n) is 8.76. The number of hydrogen-bond acceptors (Lipinski definition) is 15. The van der Waals surface area contributed by atoms with E-state index in [9.17, 15) is 56.6 Å². The average molecular weight is 740 g/mol. The molecule has 13 N–H and O–H groups in total. The van der Waals surface area contributed by atoms with E-state index >= 15 is 0 Å². The van der Waals surface area contributed by atoms with Crippen LogP contribution in [0.4, 0.5) is 0 Å². The summed E-state index contributed by atoms with van der Waals surface area (Å²) in [7, 11) is -43.1. The zero-order valence-electron chi connectivity index (χ0n) is 18.1. The first-order chi connectivity index (χ1) is 17.3. The van der Waals surface area contributed by atoms with Gasteiger partial charge in [-0.15, -0.1) is 0 Å². The second-order valence-electron chi connectivity index (χ2n) is 6.89. The molecule has 0 radical (unpaired) electrons. The minimum Gasteiger partial charge on any atom is -0.387 e. The summed E-state index contributed by atoms with van der Waals surface area (Å²) in [5.74, 6) is 0. The summed E-state index contributed by atoms with van der Waals surface area (Å²) < 4.78 is 108. The maximum absolute atomic E-state index is 12.1. The van der Waals surface area contributed by atoms with Crippen molar-refractivity contribution in [2.24, 2.45) is 0 Å². The monoisotopic (exact) mass is 740 g/mol. The van der Waals surface area contributed by atoms with E-state index in [0.29, 0.717) is 0 Å². The van der Waals surface area contributed by atoms with Crippen molar-refractivity contribution in [3.05, 3.63) is 0 Å². The summed E-state index contributed by atoms with van der Waals surface area (Å²) in [4.78, 5) is 109. The minimum absolute atomic E-state index is 3.17. The van der Waals surface area contributed by atoms with Crippen LogP contribution >= 0.6 is 54.8 Å². The molecule has 1 rings (SSSR count). The van der Waals surface area contributed by atoms with E-state index < -0.39 is 91.4 Å². The summed E-state index contributed by atoms with van der Waals surface area (Å²) in [5.41, 5.74) is 0. The first kappa shape index (κ1) is 38.8. The highest BCUT2D eigenvalue weighted by Crippen LogP contribution is 2.63. The maximum atomic E-state index is 12.1. The van der Waals surface area contributed by atoms with Crippen LogP contribution in [0.15, 0.2) is 0 Å². The third kappa shape index (κ3) is 14.5. The molecule has 0 aromatic heterocycles. The Morgan fingerprint density at radius 3 is 0.800 bits per heavy atom. The van der Waals surface area contributed by atoms with Crippen molar-refractivity contribution >= 4 is 54.8 Å². The Labute approximate surface area is 219 Å². The molecule has 1 saturated carbocycles. The van der Waals surface area contributed by atoms with E-state index in [1.54, 1.807) is 0 Å². The lowest BCUT2D eigenvalue weighted by molar-refractivity contribution is -0.205. The van der Waals surface area contributed by atoms with Crippen molar-refractivity contribution in [1.29, 1.82) is 0 Å². The normalized spacial score (nSPS) is 30.4. The van der Waals surface area contributed by atoms with Gasteiger partial charge in [0.15, 0.2) is 0 Å². The molecule has 0 aliphatic heterocycles. The van der Waals surface area contributed by atoms with Crippen molar-refractivity contribution < 1.29 is 127 Å². The summed E-state index contributed by atoms with van der Waals surface area (Å²) in [6.45, 7) is 0. The summed E-state index contributed by atoms with van der Waals surface area (Å²) in [5, 5.41) is 10.5. The van der Waals surface area contributed by atoms with Crippen LogP contribution < -0.4 is 0 Å². The van der Waals surface area contributed by atoms with Gasteiger partial charge in [-0.05, 0) is 0 Å². The molecule has 0 aromatic rings. The van der Waals surface area contributed by atoms with Crippen LogP contribution in [-0.4, -0.2) is 100 Å². The van der Waals surface area contributed by atoms with Gasteiger partial charge in [-0.25, -0.2) is 32.0 Å². The number of aliphatic hydroxyl groups excluding tert-OH is 1. The molecule has 27 nitrogen and oxygen atoms in total. The number of rotatable bonds is 14. The number of aliphatic hydroxyl groups is 1. The van der Waals surface area contributed by atoms with Crippen molar-refractivity contribution in [3.8, 4) is 0 Å². The largest absolute Gasteiger partial charge is 0.481 e. The van der Waals surface area contributed by atoms with E-state index in [-0.39, 0.29) is 0 Å². The van der Waals surface area contributed by atoms with Crippen molar-refractivity contribution in [1.82, 2.24) is 0 Å². The molecule has 0 spiro atoms. The average Bonchev–Trinajstić information content (AvgIpc) is 2.57. The van der Waals surface area contributed by atoms with Crippen LogP contribution in [0.5, 0.6) is 0 Å². The van der Waals surface area contributed by atoms with Gasteiger partial charge >= 0.3 is 54.8 Å². The molecule has 0 bridgehead atoms. The lowest BCUT2D eigenvalue weighted by Gasteiger charge is -2.47. The molecule has 0 heterocycles. The van der Waals surface area contributed by atoms with Crippen molar-refractivity contribution in [2.75, 3.05) is 0 Å². The fraction of sp³-hybridized carbons (Fsp3) is 1.00. The Kier molecular flexibility index (Phi) is 12.7. The second kappa shape index (κ2) is 13.0. The predicted octanol–water partition coefficient (Wildman–Crippen LogP) is -3.02.